The Kier molecular flexibility index (Phi) is 3.90. The Hall–Kier alpha value is -1.92. The maximum Gasteiger partial charge on any atom is 0.219 e. The molecule has 6 heteroatoms. The van der Waals surface area contributed by atoms with Gasteiger partial charge in [-0.1, -0.05) is 11.5 Å². The molecule has 0 unspecified atom stereocenters. The van der Waals surface area contributed by atoms with Crippen LogP contribution in [-0.2, 0) is 9.47 Å². The number of pyridine rings is 1. The zero-order chi connectivity index (χ0) is 14.8. The van der Waals surface area contributed by atoms with E-state index in [1.165, 1.54) is 6.07 Å². The molecular formula is C15H15BFNO3. The minimum atomic E-state index is -0.460. The number of aryl methyl sites for hydroxylation is 1. The molecule has 4 nitrogen and oxygen atoms in total. The molecule has 0 aliphatic carbocycles. The molecule has 0 spiro atoms. The summed E-state index contributed by atoms with van der Waals surface area (Å²) in [4.78, 5) is 4.21. The first-order valence-electron chi connectivity index (χ1n) is 6.78. The molecule has 108 valence electrons. The molecular weight excluding hydrogens is 272 g/mol. The van der Waals surface area contributed by atoms with Crippen molar-refractivity contribution in [3.63, 3.8) is 0 Å². The van der Waals surface area contributed by atoms with Crippen LogP contribution in [0.3, 0.4) is 0 Å². The van der Waals surface area contributed by atoms with Gasteiger partial charge in [0, 0.05) is 17.3 Å². The second kappa shape index (κ2) is 5.83. The lowest BCUT2D eigenvalue weighted by molar-refractivity contribution is -0.0434. The summed E-state index contributed by atoms with van der Waals surface area (Å²) < 4.78 is 30.6. The number of rotatable bonds is 3. The van der Waals surface area contributed by atoms with Crippen molar-refractivity contribution in [2.75, 3.05) is 13.2 Å². The standard InChI is InChI=1S/C15H15BFNO3/c1-9-3-2-4-14(18-9)21-13-7-10(11(16)8-12(13)17)15-19-5-6-20-15/h2-4,7-8,15H,5-6,16H2,1H3. The molecule has 1 aliphatic heterocycles. The minimum absolute atomic E-state index is 0.118. The smallest absolute Gasteiger partial charge is 0.219 e. The fourth-order valence-corrected chi connectivity index (χ4v) is 2.23. The molecule has 0 N–H and O–H groups in total. The highest BCUT2D eigenvalue weighted by Gasteiger charge is 2.22. The van der Waals surface area contributed by atoms with Gasteiger partial charge in [0.25, 0.3) is 0 Å². The first-order chi connectivity index (χ1) is 10.1. The van der Waals surface area contributed by atoms with Crippen LogP contribution in [0.25, 0.3) is 0 Å². The van der Waals surface area contributed by atoms with Crippen LogP contribution in [0.4, 0.5) is 4.39 Å². The average Bonchev–Trinajstić information content (AvgIpc) is 2.96. The molecule has 3 rings (SSSR count). The summed E-state index contributed by atoms with van der Waals surface area (Å²) in [6.07, 6.45) is -0.460. The van der Waals surface area contributed by atoms with Crippen molar-refractivity contribution in [3.8, 4) is 11.6 Å². The molecule has 0 radical (unpaired) electrons. The second-order valence-corrected chi connectivity index (χ2v) is 4.93. The van der Waals surface area contributed by atoms with Crippen LogP contribution >= 0.6 is 0 Å². The number of hydrogen-bond acceptors (Lipinski definition) is 4. The van der Waals surface area contributed by atoms with Crippen LogP contribution in [0.15, 0.2) is 30.3 Å². The van der Waals surface area contributed by atoms with Crippen molar-refractivity contribution in [2.24, 2.45) is 0 Å². The lowest BCUT2D eigenvalue weighted by Gasteiger charge is -2.15. The van der Waals surface area contributed by atoms with Crippen LogP contribution in [0.1, 0.15) is 17.5 Å². The maximum absolute atomic E-state index is 14.1. The summed E-state index contributed by atoms with van der Waals surface area (Å²) in [7, 11) is 1.82. The zero-order valence-corrected chi connectivity index (χ0v) is 11.9. The number of hydrogen-bond donors (Lipinski definition) is 0. The number of halogens is 1. The Morgan fingerprint density at radius 1 is 1.29 bits per heavy atom. The molecule has 21 heavy (non-hydrogen) atoms. The summed E-state index contributed by atoms with van der Waals surface area (Å²) in [5, 5.41) is 0. The minimum Gasteiger partial charge on any atom is -0.436 e. The summed E-state index contributed by atoms with van der Waals surface area (Å²) in [5.74, 6) is 0.0438. The van der Waals surface area contributed by atoms with Gasteiger partial charge in [-0.3, -0.25) is 0 Å². The molecule has 1 fully saturated rings. The molecule has 1 aromatic heterocycles. The van der Waals surface area contributed by atoms with Crippen molar-refractivity contribution in [2.45, 2.75) is 13.2 Å². The quantitative estimate of drug-likeness (QED) is 0.804. The van der Waals surface area contributed by atoms with Gasteiger partial charge in [-0.25, -0.2) is 9.37 Å². The van der Waals surface area contributed by atoms with E-state index in [0.29, 0.717) is 19.1 Å². The van der Waals surface area contributed by atoms with Gasteiger partial charge < -0.3 is 14.2 Å². The maximum atomic E-state index is 14.1. The third kappa shape index (κ3) is 3.06. The SMILES string of the molecule is Bc1cc(F)c(Oc2cccc(C)n2)cc1C1OCCO1. The van der Waals surface area contributed by atoms with Gasteiger partial charge in [0.1, 0.15) is 7.85 Å². The third-order valence-corrected chi connectivity index (χ3v) is 3.27. The largest absolute Gasteiger partial charge is 0.436 e. The highest BCUT2D eigenvalue weighted by atomic mass is 19.1. The molecule has 2 aromatic rings. The van der Waals surface area contributed by atoms with Gasteiger partial charge in [0.2, 0.25) is 5.88 Å². The van der Waals surface area contributed by atoms with E-state index in [1.807, 2.05) is 26.9 Å². The van der Waals surface area contributed by atoms with Crippen LogP contribution < -0.4 is 10.2 Å². The van der Waals surface area contributed by atoms with E-state index < -0.39 is 12.1 Å². The van der Waals surface area contributed by atoms with E-state index in [-0.39, 0.29) is 5.75 Å². The molecule has 0 saturated carbocycles. The Morgan fingerprint density at radius 2 is 2.05 bits per heavy atom. The van der Waals surface area contributed by atoms with E-state index in [1.54, 1.807) is 12.1 Å². The van der Waals surface area contributed by atoms with Gasteiger partial charge in [0.15, 0.2) is 17.9 Å². The Balaban J connectivity index is 1.92. The van der Waals surface area contributed by atoms with Crippen LogP contribution in [0, 0.1) is 12.7 Å². The second-order valence-electron chi connectivity index (χ2n) is 4.93. The van der Waals surface area contributed by atoms with Crippen LogP contribution in [-0.4, -0.2) is 26.0 Å². The van der Waals surface area contributed by atoms with E-state index in [2.05, 4.69) is 4.98 Å². The molecule has 1 aliphatic rings. The van der Waals surface area contributed by atoms with Crippen molar-refractivity contribution < 1.29 is 18.6 Å². The average molecular weight is 287 g/mol. The fourth-order valence-electron chi connectivity index (χ4n) is 2.23. The fraction of sp³-hybridized carbons (Fsp3) is 0.267. The van der Waals surface area contributed by atoms with Gasteiger partial charge in [0.05, 0.1) is 13.2 Å². The van der Waals surface area contributed by atoms with Crippen molar-refractivity contribution in [1.29, 1.82) is 0 Å². The monoisotopic (exact) mass is 287 g/mol. The summed E-state index contributed by atoms with van der Waals surface area (Å²) in [6, 6.07) is 8.39. The summed E-state index contributed by atoms with van der Waals surface area (Å²) in [6.45, 7) is 2.93. The number of aromatic nitrogens is 1. The Bertz CT molecular complexity index is 659. The summed E-state index contributed by atoms with van der Waals surface area (Å²) in [5.41, 5.74) is 2.35. The predicted molar refractivity (Wildman–Crippen MR) is 78.3 cm³/mol. The third-order valence-electron chi connectivity index (χ3n) is 3.27. The first kappa shape index (κ1) is 14.0. The molecule has 1 saturated heterocycles. The van der Waals surface area contributed by atoms with Gasteiger partial charge in [-0.2, -0.15) is 0 Å². The van der Waals surface area contributed by atoms with E-state index in [0.717, 1.165) is 16.7 Å². The highest BCUT2D eigenvalue weighted by Crippen LogP contribution is 2.29. The van der Waals surface area contributed by atoms with Gasteiger partial charge in [-0.15, -0.1) is 0 Å². The molecule has 2 heterocycles. The molecule has 0 bridgehead atoms. The normalized spacial score (nSPS) is 15.3. The Morgan fingerprint density at radius 3 is 2.76 bits per heavy atom. The number of benzene rings is 1. The number of nitrogens with zero attached hydrogens (tertiary/aromatic N) is 1. The van der Waals surface area contributed by atoms with Crippen LogP contribution in [0.2, 0.25) is 0 Å². The first-order valence-corrected chi connectivity index (χ1v) is 6.78. The Labute approximate surface area is 123 Å². The van der Waals surface area contributed by atoms with Gasteiger partial charge >= 0.3 is 0 Å². The van der Waals surface area contributed by atoms with Crippen molar-refractivity contribution in [3.05, 3.63) is 47.4 Å². The number of ether oxygens (including phenoxy) is 3. The molecule has 0 amide bonds. The molecule has 0 atom stereocenters. The van der Waals surface area contributed by atoms with E-state index >= 15 is 0 Å². The lowest BCUT2D eigenvalue weighted by Crippen LogP contribution is -2.16. The molecule has 1 aromatic carbocycles. The van der Waals surface area contributed by atoms with Gasteiger partial charge in [-0.05, 0) is 25.1 Å². The van der Waals surface area contributed by atoms with Crippen molar-refractivity contribution >= 4 is 13.3 Å². The van der Waals surface area contributed by atoms with Crippen molar-refractivity contribution in [1.82, 2.24) is 4.98 Å². The zero-order valence-electron chi connectivity index (χ0n) is 11.9. The lowest BCUT2D eigenvalue weighted by atomic mass is 9.90. The highest BCUT2D eigenvalue weighted by molar-refractivity contribution is 6.33. The topological polar surface area (TPSA) is 40.6 Å². The summed E-state index contributed by atoms with van der Waals surface area (Å²) >= 11 is 0. The van der Waals surface area contributed by atoms with E-state index in [4.69, 9.17) is 14.2 Å². The van der Waals surface area contributed by atoms with Crippen LogP contribution in [0.5, 0.6) is 11.6 Å². The van der Waals surface area contributed by atoms with E-state index in [9.17, 15) is 4.39 Å². The predicted octanol–water partition coefficient (Wildman–Crippen LogP) is 1.63.